The minimum Gasteiger partial charge on any atom is -0.396 e. The highest BCUT2D eigenvalue weighted by atomic mass is 19.1. The molecule has 1 heterocycles. The molecule has 1 aliphatic rings. The van der Waals surface area contributed by atoms with E-state index in [1.165, 1.54) is 0 Å². The van der Waals surface area contributed by atoms with Crippen molar-refractivity contribution in [2.45, 2.75) is 12.6 Å². The summed E-state index contributed by atoms with van der Waals surface area (Å²) in [7, 11) is 0. The van der Waals surface area contributed by atoms with E-state index in [0.29, 0.717) is 19.6 Å². The van der Waals surface area contributed by atoms with E-state index in [1.54, 1.807) is 0 Å². The zero-order chi connectivity index (χ0) is 6.69. The highest BCUT2D eigenvalue weighted by molar-refractivity contribution is 4.71. The molecular weight excluding hydrogens is 123 g/mol. The van der Waals surface area contributed by atoms with Crippen molar-refractivity contribution in [3.05, 3.63) is 0 Å². The number of hydrogen-bond acceptors (Lipinski definition) is 2. The SMILES string of the molecule is OC[C@H]1COCC[C@H]1F. The van der Waals surface area contributed by atoms with E-state index in [0.717, 1.165) is 0 Å². The average Bonchev–Trinajstić information content (AvgIpc) is 1.89. The van der Waals surface area contributed by atoms with Crippen LogP contribution < -0.4 is 0 Å². The van der Waals surface area contributed by atoms with Crippen molar-refractivity contribution in [1.29, 1.82) is 0 Å². The number of aliphatic hydroxyl groups excluding tert-OH is 1. The molecule has 0 aromatic carbocycles. The molecular formula is C6H11FO2. The summed E-state index contributed by atoms with van der Waals surface area (Å²) < 4.78 is 17.6. The molecule has 2 nitrogen and oxygen atoms in total. The lowest BCUT2D eigenvalue weighted by atomic mass is 10.0. The van der Waals surface area contributed by atoms with E-state index in [4.69, 9.17) is 9.84 Å². The van der Waals surface area contributed by atoms with Crippen molar-refractivity contribution in [2.24, 2.45) is 5.92 Å². The van der Waals surface area contributed by atoms with Gasteiger partial charge in [0.2, 0.25) is 0 Å². The summed E-state index contributed by atoms with van der Waals surface area (Å²) in [6, 6.07) is 0. The Bertz CT molecular complexity index is 87.1. The first-order valence-corrected chi connectivity index (χ1v) is 3.17. The first kappa shape index (κ1) is 6.96. The van der Waals surface area contributed by atoms with E-state index in [2.05, 4.69) is 0 Å². The van der Waals surface area contributed by atoms with Crippen LogP contribution in [-0.4, -0.2) is 31.1 Å². The summed E-state index contributed by atoms with van der Waals surface area (Å²) >= 11 is 0. The number of aliphatic hydroxyl groups is 1. The topological polar surface area (TPSA) is 29.5 Å². The molecule has 54 valence electrons. The van der Waals surface area contributed by atoms with E-state index in [9.17, 15) is 4.39 Å². The Morgan fingerprint density at radius 3 is 2.89 bits per heavy atom. The second kappa shape index (κ2) is 3.13. The van der Waals surface area contributed by atoms with Crippen LogP contribution in [0, 0.1) is 5.92 Å². The van der Waals surface area contributed by atoms with Gasteiger partial charge in [-0.2, -0.15) is 0 Å². The van der Waals surface area contributed by atoms with Gasteiger partial charge in [0, 0.05) is 18.9 Å². The van der Waals surface area contributed by atoms with Crippen molar-refractivity contribution >= 4 is 0 Å². The molecule has 2 atom stereocenters. The van der Waals surface area contributed by atoms with Gasteiger partial charge in [0.05, 0.1) is 13.2 Å². The molecule has 0 aromatic heterocycles. The molecule has 9 heavy (non-hydrogen) atoms. The maximum atomic E-state index is 12.6. The van der Waals surface area contributed by atoms with Crippen LogP contribution in [0.2, 0.25) is 0 Å². The maximum Gasteiger partial charge on any atom is 0.110 e. The summed E-state index contributed by atoms with van der Waals surface area (Å²) in [5.74, 6) is -0.279. The van der Waals surface area contributed by atoms with Crippen LogP contribution in [0.25, 0.3) is 0 Å². The fourth-order valence-electron chi connectivity index (χ4n) is 0.938. The number of halogens is 1. The summed E-state index contributed by atoms with van der Waals surface area (Å²) in [5.41, 5.74) is 0. The van der Waals surface area contributed by atoms with Gasteiger partial charge < -0.3 is 9.84 Å². The Morgan fingerprint density at radius 1 is 1.67 bits per heavy atom. The summed E-state index contributed by atoms with van der Waals surface area (Å²) in [5, 5.41) is 8.54. The van der Waals surface area contributed by atoms with Crippen LogP contribution in [0.5, 0.6) is 0 Å². The van der Waals surface area contributed by atoms with Crippen molar-refractivity contribution in [2.75, 3.05) is 19.8 Å². The van der Waals surface area contributed by atoms with Gasteiger partial charge in [0.25, 0.3) is 0 Å². The van der Waals surface area contributed by atoms with Crippen molar-refractivity contribution < 1.29 is 14.2 Å². The molecule has 1 N–H and O–H groups in total. The molecule has 0 radical (unpaired) electrons. The molecule has 0 unspecified atom stereocenters. The molecule has 0 aliphatic carbocycles. The molecule has 1 rings (SSSR count). The van der Waals surface area contributed by atoms with E-state index in [1.807, 2.05) is 0 Å². The first-order valence-electron chi connectivity index (χ1n) is 3.17. The molecule has 3 heteroatoms. The Labute approximate surface area is 53.6 Å². The van der Waals surface area contributed by atoms with E-state index in [-0.39, 0.29) is 12.5 Å². The lowest BCUT2D eigenvalue weighted by molar-refractivity contribution is -0.0198. The van der Waals surface area contributed by atoms with Crippen LogP contribution in [0.1, 0.15) is 6.42 Å². The molecule has 1 fully saturated rings. The van der Waals surface area contributed by atoms with Gasteiger partial charge in [-0.3, -0.25) is 0 Å². The Balaban J connectivity index is 2.30. The molecule has 0 aromatic rings. The molecule has 0 bridgehead atoms. The number of alkyl halides is 1. The van der Waals surface area contributed by atoms with Gasteiger partial charge in [0.15, 0.2) is 0 Å². The zero-order valence-electron chi connectivity index (χ0n) is 5.22. The van der Waals surface area contributed by atoms with Gasteiger partial charge in [0.1, 0.15) is 6.17 Å². The third kappa shape index (κ3) is 1.63. The van der Waals surface area contributed by atoms with Gasteiger partial charge >= 0.3 is 0 Å². The highest BCUT2D eigenvalue weighted by Gasteiger charge is 2.23. The monoisotopic (exact) mass is 134 g/mol. The number of hydrogen-bond donors (Lipinski definition) is 1. The van der Waals surface area contributed by atoms with Crippen LogP contribution in [-0.2, 0) is 4.74 Å². The van der Waals surface area contributed by atoms with Crippen LogP contribution in [0.15, 0.2) is 0 Å². The lowest BCUT2D eigenvalue weighted by Gasteiger charge is -2.23. The van der Waals surface area contributed by atoms with Gasteiger partial charge in [-0.15, -0.1) is 0 Å². The van der Waals surface area contributed by atoms with Gasteiger partial charge in [-0.25, -0.2) is 4.39 Å². The minimum atomic E-state index is -0.858. The second-order valence-electron chi connectivity index (χ2n) is 2.32. The second-order valence-corrected chi connectivity index (χ2v) is 2.32. The largest absolute Gasteiger partial charge is 0.396 e. The molecule has 1 aliphatic heterocycles. The zero-order valence-corrected chi connectivity index (χ0v) is 5.22. The molecule has 0 amide bonds. The van der Waals surface area contributed by atoms with Crippen LogP contribution in [0.3, 0.4) is 0 Å². The van der Waals surface area contributed by atoms with E-state index < -0.39 is 6.17 Å². The Kier molecular flexibility index (Phi) is 2.42. The van der Waals surface area contributed by atoms with Crippen LogP contribution in [0.4, 0.5) is 4.39 Å². The van der Waals surface area contributed by atoms with Crippen molar-refractivity contribution in [3.63, 3.8) is 0 Å². The van der Waals surface area contributed by atoms with Gasteiger partial charge in [-0.05, 0) is 0 Å². The highest BCUT2D eigenvalue weighted by Crippen LogP contribution is 2.16. The summed E-state index contributed by atoms with van der Waals surface area (Å²) in [4.78, 5) is 0. The van der Waals surface area contributed by atoms with Crippen molar-refractivity contribution in [3.8, 4) is 0 Å². The number of rotatable bonds is 1. The predicted octanol–water partition coefficient (Wildman–Crippen LogP) is 0.353. The standard InChI is InChI=1S/C6H11FO2/c7-6-1-2-9-4-5(6)3-8/h5-6,8H,1-4H2/t5-,6+/m0/s1. The lowest BCUT2D eigenvalue weighted by Crippen LogP contribution is -2.31. The van der Waals surface area contributed by atoms with Gasteiger partial charge in [-0.1, -0.05) is 0 Å². The normalized spacial score (nSPS) is 36.7. The number of ether oxygens (including phenoxy) is 1. The fraction of sp³-hybridized carbons (Fsp3) is 1.00. The average molecular weight is 134 g/mol. The Hall–Kier alpha value is -0.150. The minimum absolute atomic E-state index is 0.0961. The summed E-state index contributed by atoms with van der Waals surface area (Å²) in [6.45, 7) is 0.774. The molecule has 0 saturated carbocycles. The van der Waals surface area contributed by atoms with Crippen LogP contribution >= 0.6 is 0 Å². The smallest absolute Gasteiger partial charge is 0.110 e. The third-order valence-electron chi connectivity index (χ3n) is 1.62. The third-order valence-corrected chi connectivity index (χ3v) is 1.62. The van der Waals surface area contributed by atoms with Crippen molar-refractivity contribution in [1.82, 2.24) is 0 Å². The maximum absolute atomic E-state index is 12.6. The quantitative estimate of drug-likeness (QED) is 0.560. The first-order chi connectivity index (χ1) is 4.34. The Morgan fingerprint density at radius 2 is 2.44 bits per heavy atom. The predicted molar refractivity (Wildman–Crippen MR) is 30.9 cm³/mol. The fourth-order valence-corrected chi connectivity index (χ4v) is 0.938. The summed E-state index contributed by atoms with van der Waals surface area (Å²) in [6.07, 6.45) is -0.422. The molecule has 1 saturated heterocycles. The molecule has 0 spiro atoms. The van der Waals surface area contributed by atoms with E-state index >= 15 is 0 Å².